The summed E-state index contributed by atoms with van der Waals surface area (Å²) >= 11 is 4.34. The van der Waals surface area contributed by atoms with E-state index in [9.17, 15) is 9.59 Å². The Morgan fingerprint density at radius 1 is 1.29 bits per heavy atom. The van der Waals surface area contributed by atoms with E-state index in [2.05, 4.69) is 17.9 Å². The fourth-order valence-electron chi connectivity index (χ4n) is 1.75. The van der Waals surface area contributed by atoms with E-state index in [0.717, 1.165) is 10.5 Å². The van der Waals surface area contributed by atoms with Crippen molar-refractivity contribution in [1.82, 2.24) is 5.32 Å². The van der Waals surface area contributed by atoms with Gasteiger partial charge in [0, 0.05) is 4.90 Å². The number of carboxylic acids is 1. The minimum Gasteiger partial charge on any atom is -0.480 e. The van der Waals surface area contributed by atoms with Gasteiger partial charge in [0.05, 0.1) is 0 Å². The van der Waals surface area contributed by atoms with Crippen LogP contribution in [0.4, 0.5) is 4.79 Å². The van der Waals surface area contributed by atoms with Gasteiger partial charge >= 0.3 is 12.1 Å². The highest BCUT2D eigenvalue weighted by Gasteiger charge is 2.22. The topological polar surface area (TPSA) is 75.6 Å². The first-order valence-corrected chi connectivity index (χ1v) is 7.97. The van der Waals surface area contributed by atoms with Gasteiger partial charge in [-0.15, -0.1) is 12.6 Å². The smallest absolute Gasteiger partial charge is 0.408 e. The van der Waals surface area contributed by atoms with E-state index < -0.39 is 23.7 Å². The number of alkyl carbamates (subject to hydrolysis) is 1. The van der Waals surface area contributed by atoms with E-state index >= 15 is 0 Å². The second-order valence-corrected chi connectivity index (χ2v) is 6.60. The van der Waals surface area contributed by atoms with Gasteiger partial charge in [0.15, 0.2) is 0 Å². The Kier molecular flexibility index (Phi) is 7.58. The van der Waals surface area contributed by atoms with E-state index in [4.69, 9.17) is 9.84 Å². The number of carboxylic acid groups (broad SMARTS) is 1. The lowest BCUT2D eigenvalue weighted by Gasteiger charge is -2.21. The van der Waals surface area contributed by atoms with Gasteiger partial charge in [0.2, 0.25) is 0 Å². The van der Waals surface area contributed by atoms with Gasteiger partial charge in [-0.25, -0.2) is 9.59 Å². The van der Waals surface area contributed by atoms with Crippen molar-refractivity contribution in [2.75, 3.05) is 0 Å². The van der Waals surface area contributed by atoms with Crippen LogP contribution in [0.1, 0.15) is 32.8 Å². The van der Waals surface area contributed by atoms with Crippen LogP contribution >= 0.6 is 12.6 Å². The molecular formula is C18H23NO4S. The van der Waals surface area contributed by atoms with Crippen LogP contribution in [0.15, 0.2) is 47.4 Å². The number of hydrogen-bond acceptors (Lipinski definition) is 4. The number of ether oxygens (including phenoxy) is 1. The fraction of sp³-hybridized carbons (Fsp3) is 0.333. The molecule has 1 atom stereocenters. The second kappa shape index (κ2) is 9.17. The van der Waals surface area contributed by atoms with Gasteiger partial charge in [-0.2, -0.15) is 0 Å². The Morgan fingerprint density at radius 3 is 2.54 bits per heavy atom. The number of rotatable bonds is 6. The normalized spacial score (nSPS) is 13.2. The maximum absolute atomic E-state index is 11.6. The lowest BCUT2D eigenvalue weighted by molar-refractivity contribution is -0.139. The maximum atomic E-state index is 11.6. The monoisotopic (exact) mass is 349 g/mol. The van der Waals surface area contributed by atoms with Crippen molar-refractivity contribution in [3.05, 3.63) is 48.1 Å². The van der Waals surface area contributed by atoms with Crippen LogP contribution in [0.2, 0.25) is 0 Å². The number of allylic oxidation sites excluding steroid dienone is 2. The van der Waals surface area contributed by atoms with Gasteiger partial charge in [0.25, 0.3) is 0 Å². The van der Waals surface area contributed by atoms with E-state index in [1.807, 2.05) is 30.3 Å². The van der Waals surface area contributed by atoms with Crippen LogP contribution < -0.4 is 5.32 Å². The van der Waals surface area contributed by atoms with Crippen molar-refractivity contribution in [1.29, 1.82) is 0 Å². The molecule has 0 aliphatic carbocycles. The number of benzene rings is 1. The summed E-state index contributed by atoms with van der Waals surface area (Å²) in [6.07, 6.45) is 6.47. The summed E-state index contributed by atoms with van der Waals surface area (Å²) < 4.78 is 5.06. The molecule has 5 nitrogen and oxygen atoms in total. The molecule has 0 aromatic heterocycles. The van der Waals surface area contributed by atoms with Crippen LogP contribution in [0.3, 0.4) is 0 Å². The first kappa shape index (κ1) is 19.8. The minimum absolute atomic E-state index is 0.154. The van der Waals surface area contributed by atoms with E-state index in [1.165, 1.54) is 0 Å². The lowest BCUT2D eigenvalue weighted by Crippen LogP contribution is -2.43. The second-order valence-electron chi connectivity index (χ2n) is 6.12. The van der Waals surface area contributed by atoms with Gasteiger partial charge in [-0.1, -0.05) is 42.5 Å². The van der Waals surface area contributed by atoms with E-state index in [0.29, 0.717) is 0 Å². The number of carbonyl (C=O) groups is 2. The zero-order valence-corrected chi connectivity index (χ0v) is 14.9. The molecule has 0 saturated heterocycles. The summed E-state index contributed by atoms with van der Waals surface area (Å²) in [5.41, 5.74) is 0.290. The lowest BCUT2D eigenvalue weighted by atomic mass is 10.2. The highest BCUT2D eigenvalue weighted by atomic mass is 32.1. The third-order valence-corrected chi connectivity index (χ3v) is 3.23. The molecule has 0 heterocycles. The predicted molar refractivity (Wildman–Crippen MR) is 97.3 cm³/mol. The first-order chi connectivity index (χ1) is 11.2. The minimum atomic E-state index is -1.12. The molecule has 6 heteroatoms. The summed E-state index contributed by atoms with van der Waals surface area (Å²) in [7, 11) is 0. The van der Waals surface area contributed by atoms with Gasteiger partial charge in [-0.05, 0) is 38.8 Å². The number of nitrogens with one attached hydrogen (secondary N) is 1. The molecule has 0 saturated carbocycles. The third-order valence-electron chi connectivity index (χ3n) is 2.82. The summed E-state index contributed by atoms with van der Waals surface area (Å²) in [5.74, 6) is -1.12. The van der Waals surface area contributed by atoms with Crippen LogP contribution in [0.25, 0.3) is 6.08 Å². The van der Waals surface area contributed by atoms with Gasteiger partial charge in [-0.3, -0.25) is 0 Å². The highest BCUT2D eigenvalue weighted by molar-refractivity contribution is 7.80. The molecule has 1 amide bonds. The molecule has 1 aromatic carbocycles. The Morgan fingerprint density at radius 2 is 1.96 bits per heavy atom. The van der Waals surface area contributed by atoms with Crippen molar-refractivity contribution in [2.24, 2.45) is 0 Å². The van der Waals surface area contributed by atoms with Gasteiger partial charge in [0.1, 0.15) is 11.6 Å². The third kappa shape index (κ3) is 7.87. The van der Waals surface area contributed by atoms with Crippen molar-refractivity contribution in [2.45, 2.75) is 43.7 Å². The predicted octanol–water partition coefficient (Wildman–Crippen LogP) is 3.91. The molecule has 130 valence electrons. The quantitative estimate of drug-likeness (QED) is 0.537. The van der Waals surface area contributed by atoms with Crippen molar-refractivity contribution < 1.29 is 19.4 Å². The van der Waals surface area contributed by atoms with Crippen LogP contribution in [0.5, 0.6) is 0 Å². The number of aliphatic carboxylic acids is 1. The standard InChI is InChI=1S/C18H23NO4S/c1-18(2,3)23-17(22)19-14(16(20)21)11-6-4-5-9-13-10-7-8-12-15(13)24/h4-10,12,14,24H,11H2,1-3H3,(H,19,22)(H,20,21)/t14-/m0/s1. The van der Waals surface area contributed by atoms with Crippen LogP contribution in [-0.4, -0.2) is 28.8 Å². The zero-order chi connectivity index (χ0) is 18.2. The molecule has 24 heavy (non-hydrogen) atoms. The number of thiol groups is 1. The molecule has 0 radical (unpaired) electrons. The summed E-state index contributed by atoms with van der Waals surface area (Å²) in [4.78, 5) is 23.7. The Labute approximate surface area is 147 Å². The van der Waals surface area contributed by atoms with E-state index in [-0.39, 0.29) is 6.42 Å². The largest absolute Gasteiger partial charge is 0.480 e. The van der Waals surface area contributed by atoms with Crippen molar-refractivity contribution >= 4 is 30.8 Å². The average molecular weight is 349 g/mol. The molecule has 0 unspecified atom stereocenters. The Hall–Kier alpha value is -2.21. The fourth-order valence-corrected chi connectivity index (χ4v) is 1.99. The molecule has 0 bridgehead atoms. The summed E-state index contributed by atoms with van der Waals surface area (Å²) in [5, 5.41) is 11.5. The van der Waals surface area contributed by atoms with Crippen LogP contribution in [-0.2, 0) is 9.53 Å². The van der Waals surface area contributed by atoms with Crippen molar-refractivity contribution in [3.8, 4) is 0 Å². The van der Waals surface area contributed by atoms with Crippen LogP contribution in [0, 0.1) is 0 Å². The molecule has 1 aromatic rings. The Balaban J connectivity index is 2.56. The number of amides is 1. The Bertz CT molecular complexity index is 632. The number of hydrogen-bond donors (Lipinski definition) is 3. The number of carbonyl (C=O) groups excluding carboxylic acids is 1. The zero-order valence-electron chi connectivity index (χ0n) is 14.0. The molecule has 0 fully saturated rings. The first-order valence-electron chi connectivity index (χ1n) is 7.52. The molecule has 2 N–H and O–H groups in total. The average Bonchev–Trinajstić information content (AvgIpc) is 2.45. The summed E-state index contributed by atoms with van der Waals surface area (Å²) in [6.45, 7) is 5.14. The van der Waals surface area contributed by atoms with Crippen molar-refractivity contribution in [3.63, 3.8) is 0 Å². The highest BCUT2D eigenvalue weighted by Crippen LogP contribution is 2.14. The molecule has 1 rings (SSSR count). The van der Waals surface area contributed by atoms with Gasteiger partial charge < -0.3 is 15.2 Å². The molecule has 0 aliphatic rings. The molecule has 0 spiro atoms. The summed E-state index contributed by atoms with van der Waals surface area (Å²) in [6, 6.07) is 6.58. The maximum Gasteiger partial charge on any atom is 0.408 e. The van der Waals surface area contributed by atoms with E-state index in [1.54, 1.807) is 39.0 Å². The molecular weight excluding hydrogens is 326 g/mol. The SMILES string of the molecule is CC(C)(C)OC(=O)N[C@@H](CC=CC=Cc1ccccc1S)C(=O)O. The molecule has 0 aliphatic heterocycles.